The normalized spacial score (nSPS) is 12.6. The molecule has 0 aliphatic heterocycles. The van der Waals surface area contributed by atoms with Crippen LogP contribution in [0.25, 0.3) is 0 Å². The van der Waals surface area contributed by atoms with E-state index in [1.165, 1.54) is 11.1 Å². The molecule has 0 fully saturated rings. The Bertz CT molecular complexity index is 988. The molecule has 0 amide bonds. The summed E-state index contributed by atoms with van der Waals surface area (Å²) in [6.45, 7) is 17.5. The van der Waals surface area contributed by atoms with Crippen LogP contribution in [0.2, 0.25) is 13.1 Å². The van der Waals surface area contributed by atoms with E-state index in [9.17, 15) is 9.90 Å². The average molecular weight is 437 g/mol. The van der Waals surface area contributed by atoms with Gasteiger partial charge in [0.15, 0.2) is 9.04 Å². The summed E-state index contributed by atoms with van der Waals surface area (Å²) < 4.78 is 6.47. The van der Waals surface area contributed by atoms with Crippen molar-refractivity contribution >= 4 is 15.0 Å². The summed E-state index contributed by atoms with van der Waals surface area (Å²) in [5.74, 6) is 5.95. The first-order valence-electron chi connectivity index (χ1n) is 11.1. The molecule has 0 saturated carbocycles. The van der Waals surface area contributed by atoms with Crippen molar-refractivity contribution in [2.45, 2.75) is 73.1 Å². The van der Waals surface area contributed by atoms with Crippen molar-refractivity contribution in [2.75, 3.05) is 0 Å². The lowest BCUT2D eigenvalue weighted by atomic mass is 9.80. The van der Waals surface area contributed by atoms with E-state index in [0.29, 0.717) is 17.9 Å². The van der Waals surface area contributed by atoms with E-state index < -0.39 is 15.0 Å². The van der Waals surface area contributed by atoms with Gasteiger partial charge in [0.1, 0.15) is 0 Å². The highest BCUT2D eigenvalue weighted by atomic mass is 28.3. The van der Waals surface area contributed by atoms with E-state index in [1.807, 2.05) is 13.0 Å². The van der Waals surface area contributed by atoms with Crippen LogP contribution in [0.5, 0.6) is 0 Å². The molecular weight excluding hydrogens is 400 g/mol. The lowest BCUT2D eigenvalue weighted by molar-refractivity contribution is 0.0695. The largest absolute Gasteiger partial charge is 0.478 e. The first-order valence-corrected chi connectivity index (χ1v) is 13.9. The van der Waals surface area contributed by atoms with Crippen LogP contribution in [-0.4, -0.2) is 20.1 Å². The summed E-state index contributed by atoms with van der Waals surface area (Å²) in [5, 5.41) is 9.32. The summed E-state index contributed by atoms with van der Waals surface area (Å²) in [6, 6.07) is 11.7. The average Bonchev–Trinajstić information content (AvgIpc) is 2.69. The Hall–Kier alpha value is -2.35. The van der Waals surface area contributed by atoms with Gasteiger partial charge in [0, 0.05) is 11.1 Å². The van der Waals surface area contributed by atoms with Gasteiger partial charge in [0.2, 0.25) is 0 Å². The van der Waals surface area contributed by atoms with Crippen molar-refractivity contribution < 1.29 is 14.3 Å². The Morgan fingerprint density at radius 3 is 2.10 bits per heavy atom. The summed E-state index contributed by atoms with van der Waals surface area (Å²) in [4.78, 5) is 11.4. The monoisotopic (exact) mass is 436 g/mol. The number of benzene rings is 2. The topological polar surface area (TPSA) is 46.5 Å². The molecule has 0 aliphatic carbocycles. The number of carboxylic acids is 1. The Balaban J connectivity index is 2.46. The molecule has 0 saturated heterocycles. The Morgan fingerprint density at radius 2 is 1.61 bits per heavy atom. The van der Waals surface area contributed by atoms with Crippen LogP contribution in [0.4, 0.5) is 0 Å². The standard InChI is InChI=1S/C27H36O3Si/c1-9-21-16-19(12-14-22(21)26(28)29)10-11-20-13-15-23(24(17-20)18(2)3)25(27(4,5)6)30-31(7)8/h12-18,25,31H,9H2,1-8H3,(H,28,29). The molecule has 0 aromatic heterocycles. The van der Waals surface area contributed by atoms with Crippen molar-refractivity contribution in [1.82, 2.24) is 0 Å². The van der Waals surface area contributed by atoms with Crippen LogP contribution in [0.3, 0.4) is 0 Å². The third kappa shape index (κ3) is 6.56. The maximum Gasteiger partial charge on any atom is 0.335 e. The Labute approximate surface area is 189 Å². The fourth-order valence-electron chi connectivity index (χ4n) is 3.72. The highest BCUT2D eigenvalue weighted by molar-refractivity contribution is 6.48. The molecule has 1 unspecified atom stereocenters. The molecule has 166 valence electrons. The predicted octanol–water partition coefficient (Wildman–Crippen LogP) is 6.56. The van der Waals surface area contributed by atoms with Gasteiger partial charge in [-0.1, -0.05) is 59.4 Å². The van der Waals surface area contributed by atoms with Gasteiger partial charge in [-0.15, -0.1) is 0 Å². The zero-order valence-electron chi connectivity index (χ0n) is 20.2. The first-order chi connectivity index (χ1) is 14.4. The van der Waals surface area contributed by atoms with Crippen molar-refractivity contribution in [3.05, 3.63) is 69.8 Å². The van der Waals surface area contributed by atoms with Gasteiger partial charge in [-0.3, -0.25) is 0 Å². The molecule has 0 heterocycles. The molecule has 31 heavy (non-hydrogen) atoms. The quantitative estimate of drug-likeness (QED) is 0.412. The van der Waals surface area contributed by atoms with Crippen LogP contribution >= 0.6 is 0 Å². The summed E-state index contributed by atoms with van der Waals surface area (Å²) >= 11 is 0. The van der Waals surface area contributed by atoms with Crippen LogP contribution in [-0.2, 0) is 10.8 Å². The molecule has 3 nitrogen and oxygen atoms in total. The van der Waals surface area contributed by atoms with E-state index >= 15 is 0 Å². The molecule has 2 aromatic carbocycles. The van der Waals surface area contributed by atoms with Gasteiger partial charge in [-0.05, 0) is 77.9 Å². The smallest absolute Gasteiger partial charge is 0.335 e. The minimum atomic E-state index is -1.21. The van der Waals surface area contributed by atoms with Gasteiger partial charge in [0.25, 0.3) is 0 Å². The summed E-state index contributed by atoms with van der Waals surface area (Å²) in [5.41, 5.74) is 5.49. The van der Waals surface area contributed by atoms with E-state index in [0.717, 1.165) is 16.7 Å². The molecule has 0 radical (unpaired) electrons. The van der Waals surface area contributed by atoms with Crippen LogP contribution in [0, 0.1) is 17.3 Å². The fraction of sp³-hybridized carbons (Fsp3) is 0.444. The number of rotatable bonds is 6. The molecule has 1 atom stereocenters. The highest BCUT2D eigenvalue weighted by Crippen LogP contribution is 2.40. The van der Waals surface area contributed by atoms with Gasteiger partial charge in [0.05, 0.1) is 11.7 Å². The Kier molecular flexibility index (Phi) is 8.28. The zero-order valence-corrected chi connectivity index (χ0v) is 21.3. The zero-order chi connectivity index (χ0) is 23.3. The SMILES string of the molecule is CCc1cc(C#Cc2ccc(C(O[SiH](C)C)C(C)(C)C)c(C(C)C)c2)ccc1C(=O)O. The number of carbonyl (C=O) groups is 1. The van der Waals surface area contributed by atoms with Crippen molar-refractivity contribution in [3.63, 3.8) is 0 Å². The van der Waals surface area contributed by atoms with E-state index in [-0.39, 0.29) is 11.5 Å². The Morgan fingerprint density at radius 1 is 1.03 bits per heavy atom. The highest BCUT2D eigenvalue weighted by Gasteiger charge is 2.30. The van der Waals surface area contributed by atoms with Crippen molar-refractivity contribution in [2.24, 2.45) is 5.41 Å². The second-order valence-electron chi connectivity index (χ2n) is 9.71. The minimum Gasteiger partial charge on any atom is -0.478 e. The third-order valence-corrected chi connectivity index (χ3v) is 6.07. The number of hydrogen-bond acceptors (Lipinski definition) is 2. The lowest BCUT2D eigenvalue weighted by Gasteiger charge is -2.35. The molecule has 4 heteroatoms. The first kappa shape index (κ1) is 24.9. The third-order valence-electron chi connectivity index (χ3n) is 5.25. The number of hydrogen-bond donors (Lipinski definition) is 1. The number of aryl methyl sites for hydroxylation is 1. The van der Waals surface area contributed by atoms with Crippen molar-refractivity contribution in [1.29, 1.82) is 0 Å². The molecule has 1 N–H and O–H groups in total. The molecule has 2 rings (SSSR count). The van der Waals surface area contributed by atoms with Crippen LogP contribution < -0.4 is 0 Å². The number of carboxylic acid groups (broad SMARTS) is 1. The van der Waals surface area contributed by atoms with Gasteiger partial charge in [-0.2, -0.15) is 0 Å². The van der Waals surface area contributed by atoms with Crippen molar-refractivity contribution in [3.8, 4) is 11.8 Å². The van der Waals surface area contributed by atoms with Gasteiger partial charge < -0.3 is 9.53 Å². The second-order valence-corrected chi connectivity index (χ2v) is 12.1. The lowest BCUT2D eigenvalue weighted by Crippen LogP contribution is -2.27. The fourth-order valence-corrected chi connectivity index (χ4v) is 4.82. The molecule has 2 aromatic rings. The van der Waals surface area contributed by atoms with Gasteiger partial charge in [-0.25, -0.2) is 4.79 Å². The predicted molar refractivity (Wildman–Crippen MR) is 131 cm³/mol. The van der Waals surface area contributed by atoms with Gasteiger partial charge >= 0.3 is 5.97 Å². The number of aromatic carboxylic acids is 1. The summed E-state index contributed by atoms with van der Waals surface area (Å²) in [6.07, 6.45) is 0.728. The molecular formula is C27H36O3Si. The molecule has 0 spiro atoms. The molecule has 0 aliphatic rings. The van der Waals surface area contributed by atoms with E-state index in [1.54, 1.807) is 12.1 Å². The van der Waals surface area contributed by atoms with E-state index in [2.05, 4.69) is 77.8 Å². The van der Waals surface area contributed by atoms with Crippen LogP contribution in [0.1, 0.15) is 91.7 Å². The second kappa shape index (κ2) is 10.3. The van der Waals surface area contributed by atoms with Crippen LogP contribution in [0.15, 0.2) is 36.4 Å². The maximum atomic E-state index is 11.4. The minimum absolute atomic E-state index is 0.0105. The van der Waals surface area contributed by atoms with E-state index in [4.69, 9.17) is 4.43 Å². The maximum absolute atomic E-state index is 11.4. The molecule has 0 bridgehead atoms. The summed E-state index contributed by atoms with van der Waals surface area (Å²) in [7, 11) is -1.21.